The number of likely N-dealkylation sites (N-methyl/N-ethyl adjacent to an activating group) is 2. The molecule has 15 heavy (non-hydrogen) atoms. The summed E-state index contributed by atoms with van der Waals surface area (Å²) >= 11 is 0. The predicted molar refractivity (Wildman–Crippen MR) is 60.9 cm³/mol. The minimum Gasteiger partial charge on any atom is -0.391 e. The van der Waals surface area contributed by atoms with Crippen molar-refractivity contribution in [2.45, 2.75) is 18.6 Å². The highest BCUT2D eigenvalue weighted by atomic mass is 16.3. The summed E-state index contributed by atoms with van der Waals surface area (Å²) < 4.78 is 0. The fraction of sp³-hybridized carbons (Fsp3) is 1.00. The molecule has 0 aromatic heterocycles. The standard InChI is InChI=1S/C11H23N3O/c1-13-5-6-14(2)10(8-13)9-3-4-12-7-11(9)15/h9-12,15H,3-8H2,1-2H3. The summed E-state index contributed by atoms with van der Waals surface area (Å²) in [6, 6.07) is 0.529. The molecule has 4 heteroatoms. The van der Waals surface area contributed by atoms with Gasteiger partial charge < -0.3 is 20.2 Å². The highest BCUT2D eigenvalue weighted by Gasteiger charge is 2.35. The SMILES string of the molecule is CN1CCN(C)C(C2CCNCC2O)C1. The van der Waals surface area contributed by atoms with Crippen molar-refractivity contribution >= 4 is 0 Å². The number of hydrogen-bond donors (Lipinski definition) is 2. The van der Waals surface area contributed by atoms with Crippen molar-refractivity contribution in [2.24, 2.45) is 5.92 Å². The van der Waals surface area contributed by atoms with Gasteiger partial charge in [0, 0.05) is 38.1 Å². The maximum absolute atomic E-state index is 10.0. The Kier molecular flexibility index (Phi) is 3.61. The van der Waals surface area contributed by atoms with Crippen LogP contribution in [-0.2, 0) is 0 Å². The van der Waals surface area contributed by atoms with E-state index in [1.807, 2.05) is 0 Å². The lowest BCUT2D eigenvalue weighted by atomic mass is 9.86. The monoisotopic (exact) mass is 213 g/mol. The Morgan fingerprint density at radius 2 is 2.07 bits per heavy atom. The van der Waals surface area contributed by atoms with Gasteiger partial charge in [0.15, 0.2) is 0 Å². The first-order valence-electron chi connectivity index (χ1n) is 5.96. The number of aliphatic hydroxyl groups is 1. The summed E-state index contributed by atoms with van der Waals surface area (Å²) in [5.74, 6) is 0.444. The van der Waals surface area contributed by atoms with E-state index in [1.54, 1.807) is 0 Å². The maximum Gasteiger partial charge on any atom is 0.0708 e. The Bertz CT molecular complexity index is 212. The molecule has 0 spiro atoms. The average Bonchev–Trinajstić information content (AvgIpc) is 2.23. The average molecular weight is 213 g/mol. The van der Waals surface area contributed by atoms with Crippen LogP contribution in [0.1, 0.15) is 6.42 Å². The van der Waals surface area contributed by atoms with Crippen LogP contribution in [0.4, 0.5) is 0 Å². The van der Waals surface area contributed by atoms with Crippen LogP contribution >= 0.6 is 0 Å². The molecule has 2 fully saturated rings. The molecule has 0 aromatic carbocycles. The van der Waals surface area contributed by atoms with Crippen molar-refractivity contribution in [2.75, 3.05) is 46.8 Å². The van der Waals surface area contributed by atoms with Crippen molar-refractivity contribution in [1.29, 1.82) is 0 Å². The molecule has 4 nitrogen and oxygen atoms in total. The van der Waals surface area contributed by atoms with Crippen molar-refractivity contribution < 1.29 is 5.11 Å². The number of rotatable bonds is 1. The number of nitrogens with one attached hydrogen (secondary N) is 1. The minimum absolute atomic E-state index is 0.169. The topological polar surface area (TPSA) is 38.7 Å². The lowest BCUT2D eigenvalue weighted by molar-refractivity contribution is -0.00505. The van der Waals surface area contributed by atoms with Gasteiger partial charge in [0.1, 0.15) is 0 Å². The summed E-state index contributed by atoms with van der Waals surface area (Å²) in [6.45, 7) is 5.18. The van der Waals surface area contributed by atoms with Crippen LogP contribution in [0, 0.1) is 5.92 Å². The van der Waals surface area contributed by atoms with Crippen LogP contribution in [0.25, 0.3) is 0 Å². The largest absolute Gasteiger partial charge is 0.391 e. The highest BCUT2D eigenvalue weighted by molar-refractivity contribution is 4.91. The molecule has 0 amide bonds. The molecule has 2 saturated heterocycles. The zero-order valence-corrected chi connectivity index (χ0v) is 9.82. The van der Waals surface area contributed by atoms with E-state index < -0.39 is 0 Å². The quantitative estimate of drug-likeness (QED) is 0.598. The van der Waals surface area contributed by atoms with Crippen LogP contribution in [0.5, 0.6) is 0 Å². The molecule has 0 bridgehead atoms. The second-order valence-electron chi connectivity index (χ2n) is 5.03. The van der Waals surface area contributed by atoms with Crippen LogP contribution in [0.3, 0.4) is 0 Å². The van der Waals surface area contributed by atoms with Gasteiger partial charge in [-0.2, -0.15) is 0 Å². The first kappa shape index (κ1) is 11.3. The number of hydrogen-bond acceptors (Lipinski definition) is 4. The van der Waals surface area contributed by atoms with Gasteiger partial charge in [0.25, 0.3) is 0 Å². The summed E-state index contributed by atoms with van der Waals surface area (Å²) in [4.78, 5) is 4.79. The van der Waals surface area contributed by atoms with E-state index in [1.165, 1.54) is 0 Å². The molecule has 2 aliphatic rings. The zero-order chi connectivity index (χ0) is 10.8. The molecule has 0 radical (unpaired) electrons. The van der Waals surface area contributed by atoms with Gasteiger partial charge >= 0.3 is 0 Å². The van der Waals surface area contributed by atoms with E-state index in [4.69, 9.17) is 0 Å². The van der Waals surface area contributed by atoms with Gasteiger partial charge in [-0.25, -0.2) is 0 Å². The molecule has 0 saturated carbocycles. The molecule has 2 heterocycles. The smallest absolute Gasteiger partial charge is 0.0708 e. The van der Waals surface area contributed by atoms with Gasteiger partial charge in [-0.05, 0) is 27.1 Å². The normalized spacial score (nSPS) is 40.6. The molecule has 88 valence electrons. The van der Waals surface area contributed by atoms with Gasteiger partial charge in [-0.15, -0.1) is 0 Å². The molecule has 3 unspecified atom stereocenters. The first-order chi connectivity index (χ1) is 7.18. The van der Waals surface area contributed by atoms with Gasteiger partial charge in [0.2, 0.25) is 0 Å². The fourth-order valence-electron chi connectivity index (χ4n) is 2.82. The van der Waals surface area contributed by atoms with E-state index in [0.717, 1.165) is 39.1 Å². The third kappa shape index (κ3) is 2.50. The van der Waals surface area contributed by atoms with Gasteiger partial charge in [-0.1, -0.05) is 0 Å². The molecular weight excluding hydrogens is 190 g/mol. The lowest BCUT2D eigenvalue weighted by Crippen LogP contribution is -2.58. The zero-order valence-electron chi connectivity index (χ0n) is 9.82. The van der Waals surface area contributed by atoms with E-state index in [9.17, 15) is 5.11 Å². The van der Waals surface area contributed by atoms with Crippen LogP contribution < -0.4 is 5.32 Å². The van der Waals surface area contributed by atoms with E-state index in [2.05, 4.69) is 29.2 Å². The second kappa shape index (κ2) is 4.78. The van der Waals surface area contributed by atoms with Crippen LogP contribution in [0.2, 0.25) is 0 Å². The maximum atomic E-state index is 10.0. The van der Waals surface area contributed by atoms with E-state index in [0.29, 0.717) is 12.0 Å². The second-order valence-corrected chi connectivity index (χ2v) is 5.03. The van der Waals surface area contributed by atoms with E-state index in [-0.39, 0.29) is 6.10 Å². The molecule has 2 N–H and O–H groups in total. The van der Waals surface area contributed by atoms with Crippen molar-refractivity contribution in [3.63, 3.8) is 0 Å². The molecule has 2 rings (SSSR count). The summed E-state index contributed by atoms with van der Waals surface area (Å²) in [5, 5.41) is 13.3. The lowest BCUT2D eigenvalue weighted by Gasteiger charge is -2.44. The number of piperazine rings is 1. The minimum atomic E-state index is -0.169. The number of aliphatic hydroxyl groups excluding tert-OH is 1. The van der Waals surface area contributed by atoms with Crippen LogP contribution in [0.15, 0.2) is 0 Å². The van der Waals surface area contributed by atoms with Crippen molar-refractivity contribution in [1.82, 2.24) is 15.1 Å². The highest BCUT2D eigenvalue weighted by Crippen LogP contribution is 2.23. The van der Waals surface area contributed by atoms with Crippen LogP contribution in [-0.4, -0.2) is 73.9 Å². The van der Waals surface area contributed by atoms with Gasteiger partial charge in [-0.3, -0.25) is 0 Å². The summed E-state index contributed by atoms with van der Waals surface area (Å²) in [7, 11) is 4.36. The van der Waals surface area contributed by atoms with Crippen molar-refractivity contribution in [3.05, 3.63) is 0 Å². The third-order valence-corrected chi connectivity index (χ3v) is 3.90. The molecule has 0 aliphatic carbocycles. The molecule has 2 aliphatic heterocycles. The van der Waals surface area contributed by atoms with E-state index >= 15 is 0 Å². The molecule has 0 aromatic rings. The number of β-amino-alcohol motifs (C(OH)–C–C–N with tert-alkyl or cyclic N) is 1. The summed E-state index contributed by atoms with van der Waals surface area (Å²) in [6.07, 6.45) is 0.932. The third-order valence-electron chi connectivity index (χ3n) is 3.90. The Labute approximate surface area is 92.2 Å². The molecule has 3 atom stereocenters. The number of nitrogens with zero attached hydrogens (tertiary/aromatic N) is 2. The Balaban J connectivity index is 1.99. The Morgan fingerprint density at radius 3 is 2.80 bits per heavy atom. The number of piperidine rings is 1. The van der Waals surface area contributed by atoms with Gasteiger partial charge in [0.05, 0.1) is 6.10 Å². The first-order valence-corrected chi connectivity index (χ1v) is 5.96. The fourth-order valence-corrected chi connectivity index (χ4v) is 2.82. The predicted octanol–water partition coefficient (Wildman–Crippen LogP) is -0.797. The Hall–Kier alpha value is -0.160. The summed E-state index contributed by atoms with van der Waals surface area (Å²) in [5.41, 5.74) is 0. The molecular formula is C11H23N3O. The Morgan fingerprint density at radius 1 is 1.27 bits per heavy atom. The van der Waals surface area contributed by atoms with Crippen molar-refractivity contribution in [3.8, 4) is 0 Å².